The number of anilines is 2. The summed E-state index contributed by atoms with van der Waals surface area (Å²) < 4.78 is 51.9. The average molecular weight is 366 g/mol. The molecule has 3 rings (SSSR count). The number of halogens is 2. The Balaban J connectivity index is 1.93. The summed E-state index contributed by atoms with van der Waals surface area (Å²) in [4.78, 5) is 12.3. The highest BCUT2D eigenvalue weighted by Crippen LogP contribution is 2.37. The van der Waals surface area contributed by atoms with E-state index in [1.54, 1.807) is 24.3 Å². The van der Waals surface area contributed by atoms with Gasteiger partial charge < -0.3 is 5.32 Å². The van der Waals surface area contributed by atoms with Gasteiger partial charge in [-0.05, 0) is 43.2 Å². The molecule has 0 bridgehead atoms. The zero-order valence-corrected chi connectivity index (χ0v) is 14.2. The maximum atomic E-state index is 13.3. The molecule has 2 aromatic carbocycles. The number of hydrogen-bond acceptors (Lipinski definition) is 3. The molecule has 2 aromatic rings. The zero-order chi connectivity index (χ0) is 18.2. The molecule has 1 saturated carbocycles. The van der Waals surface area contributed by atoms with Crippen molar-refractivity contribution in [2.75, 3.05) is 15.9 Å². The van der Waals surface area contributed by atoms with Crippen molar-refractivity contribution in [2.45, 2.75) is 18.9 Å². The van der Waals surface area contributed by atoms with E-state index in [0.29, 0.717) is 5.69 Å². The molecule has 1 amide bonds. The normalized spacial score (nSPS) is 14.2. The minimum atomic E-state index is -3.52. The first-order chi connectivity index (χ1) is 11.8. The summed E-state index contributed by atoms with van der Waals surface area (Å²) in [5, 5.41) is 2.57. The molecule has 25 heavy (non-hydrogen) atoms. The van der Waals surface area contributed by atoms with Gasteiger partial charge in [-0.2, -0.15) is 0 Å². The van der Waals surface area contributed by atoms with Crippen LogP contribution in [-0.2, 0) is 10.0 Å². The Labute approximate surface area is 144 Å². The van der Waals surface area contributed by atoms with Crippen molar-refractivity contribution in [2.24, 2.45) is 0 Å². The van der Waals surface area contributed by atoms with Crippen LogP contribution >= 0.6 is 0 Å². The number of para-hydroxylation sites is 2. The largest absolute Gasteiger partial charge is 0.320 e. The number of benzene rings is 2. The number of hydrogen-bond donors (Lipinski definition) is 1. The topological polar surface area (TPSA) is 66.5 Å². The van der Waals surface area contributed by atoms with Crippen LogP contribution in [0.25, 0.3) is 0 Å². The number of nitrogens with one attached hydrogen (secondary N) is 1. The van der Waals surface area contributed by atoms with Gasteiger partial charge in [-0.25, -0.2) is 17.2 Å². The second kappa shape index (κ2) is 6.44. The molecule has 8 heteroatoms. The second-order valence-corrected chi connectivity index (χ2v) is 7.75. The van der Waals surface area contributed by atoms with Gasteiger partial charge >= 0.3 is 0 Å². The fourth-order valence-electron chi connectivity index (χ4n) is 2.56. The molecule has 5 nitrogen and oxygen atoms in total. The molecule has 0 heterocycles. The van der Waals surface area contributed by atoms with Crippen molar-refractivity contribution in [3.05, 3.63) is 59.7 Å². The molecule has 0 unspecified atom stereocenters. The Hall–Kier alpha value is -2.48. The summed E-state index contributed by atoms with van der Waals surface area (Å²) in [5.41, 5.74) is 0.573. The smallest absolute Gasteiger partial charge is 0.255 e. The van der Waals surface area contributed by atoms with E-state index in [1.807, 2.05) is 0 Å². The van der Waals surface area contributed by atoms with Gasteiger partial charge in [-0.1, -0.05) is 12.1 Å². The molecule has 1 fully saturated rings. The van der Waals surface area contributed by atoms with Gasteiger partial charge in [0.2, 0.25) is 10.0 Å². The van der Waals surface area contributed by atoms with Crippen LogP contribution in [0.4, 0.5) is 20.2 Å². The molecule has 0 atom stereocenters. The van der Waals surface area contributed by atoms with Crippen LogP contribution in [0.2, 0.25) is 0 Å². The van der Waals surface area contributed by atoms with Crippen LogP contribution in [0, 0.1) is 11.6 Å². The first-order valence-electron chi connectivity index (χ1n) is 7.62. The highest BCUT2D eigenvalue weighted by molar-refractivity contribution is 7.92. The van der Waals surface area contributed by atoms with Crippen LogP contribution in [0.1, 0.15) is 23.2 Å². The number of rotatable bonds is 5. The Bertz CT molecular complexity index is 927. The lowest BCUT2D eigenvalue weighted by atomic mass is 10.2. The lowest BCUT2D eigenvalue weighted by Gasteiger charge is -2.24. The quantitative estimate of drug-likeness (QED) is 0.884. The maximum Gasteiger partial charge on any atom is 0.255 e. The van der Waals surface area contributed by atoms with E-state index in [2.05, 4.69) is 5.32 Å². The van der Waals surface area contributed by atoms with E-state index in [-0.39, 0.29) is 17.3 Å². The van der Waals surface area contributed by atoms with Gasteiger partial charge in [0.05, 0.1) is 17.6 Å². The lowest BCUT2D eigenvalue weighted by Crippen LogP contribution is -2.33. The van der Waals surface area contributed by atoms with E-state index in [4.69, 9.17) is 0 Å². The molecule has 0 aliphatic heterocycles. The summed E-state index contributed by atoms with van der Waals surface area (Å²) in [6, 6.07) is 9.17. The van der Waals surface area contributed by atoms with E-state index in [0.717, 1.165) is 37.3 Å². The van der Waals surface area contributed by atoms with Crippen molar-refractivity contribution >= 4 is 27.3 Å². The van der Waals surface area contributed by atoms with E-state index in [9.17, 15) is 22.0 Å². The summed E-state index contributed by atoms with van der Waals surface area (Å²) in [6.07, 6.45) is 2.61. The average Bonchev–Trinajstić information content (AvgIpc) is 3.35. The first kappa shape index (κ1) is 17.3. The van der Waals surface area contributed by atoms with Gasteiger partial charge in [0.25, 0.3) is 5.91 Å². The van der Waals surface area contributed by atoms with Gasteiger partial charge in [-0.15, -0.1) is 0 Å². The maximum absolute atomic E-state index is 13.3. The molecule has 1 N–H and O–H groups in total. The van der Waals surface area contributed by atoms with Crippen LogP contribution in [-0.4, -0.2) is 26.6 Å². The summed E-state index contributed by atoms with van der Waals surface area (Å²) in [6.45, 7) is 0. The highest BCUT2D eigenvalue weighted by atomic mass is 32.2. The number of carbonyl (C=O) groups is 1. The molecular formula is C17H16F2N2O3S. The van der Waals surface area contributed by atoms with Gasteiger partial charge in [0, 0.05) is 11.6 Å². The molecule has 0 saturated heterocycles. The predicted octanol–water partition coefficient (Wildman–Crippen LogP) is 3.15. The Kier molecular flexibility index (Phi) is 4.47. The van der Waals surface area contributed by atoms with Gasteiger partial charge in [0.1, 0.15) is 0 Å². The SMILES string of the molecule is CS(=O)(=O)N(c1ccccc1NC(=O)c1ccc(F)c(F)c1)C1CC1. The zero-order valence-electron chi connectivity index (χ0n) is 13.4. The van der Waals surface area contributed by atoms with Crippen LogP contribution in [0.3, 0.4) is 0 Å². The molecule has 132 valence electrons. The molecular weight excluding hydrogens is 350 g/mol. The molecule has 0 radical (unpaired) electrons. The molecule has 1 aliphatic rings. The highest BCUT2D eigenvalue weighted by Gasteiger charge is 2.36. The predicted molar refractivity (Wildman–Crippen MR) is 91.1 cm³/mol. The third kappa shape index (κ3) is 3.79. The lowest BCUT2D eigenvalue weighted by molar-refractivity contribution is 0.102. The van der Waals surface area contributed by atoms with E-state index >= 15 is 0 Å². The Morgan fingerprint density at radius 2 is 1.80 bits per heavy atom. The number of sulfonamides is 1. The Morgan fingerprint density at radius 3 is 2.40 bits per heavy atom. The van der Waals surface area contributed by atoms with Crippen molar-refractivity contribution in [3.8, 4) is 0 Å². The van der Waals surface area contributed by atoms with E-state index in [1.165, 1.54) is 4.31 Å². The fraction of sp³-hybridized carbons (Fsp3) is 0.235. The van der Waals surface area contributed by atoms with Crippen molar-refractivity contribution in [3.63, 3.8) is 0 Å². The van der Waals surface area contributed by atoms with Crippen LogP contribution in [0.5, 0.6) is 0 Å². The molecule has 0 spiro atoms. The standard InChI is InChI=1S/C17H16F2N2O3S/c1-25(23,24)21(12-7-8-12)16-5-3-2-4-15(16)20-17(22)11-6-9-13(18)14(19)10-11/h2-6,9-10,12H,7-8H2,1H3,(H,20,22). The van der Waals surface area contributed by atoms with Crippen molar-refractivity contribution < 1.29 is 22.0 Å². The molecule has 1 aliphatic carbocycles. The third-order valence-corrected chi connectivity index (χ3v) is 5.02. The number of nitrogens with zero attached hydrogens (tertiary/aromatic N) is 1. The van der Waals surface area contributed by atoms with Crippen LogP contribution < -0.4 is 9.62 Å². The third-order valence-electron chi connectivity index (χ3n) is 3.81. The van der Waals surface area contributed by atoms with Crippen molar-refractivity contribution in [1.29, 1.82) is 0 Å². The summed E-state index contributed by atoms with van der Waals surface area (Å²) in [7, 11) is -3.52. The summed E-state index contributed by atoms with van der Waals surface area (Å²) in [5.74, 6) is -2.83. The van der Waals surface area contributed by atoms with E-state index < -0.39 is 27.6 Å². The minimum absolute atomic E-state index is 0.0639. The second-order valence-electron chi connectivity index (χ2n) is 5.89. The first-order valence-corrected chi connectivity index (χ1v) is 9.47. The van der Waals surface area contributed by atoms with Gasteiger partial charge in [0.15, 0.2) is 11.6 Å². The van der Waals surface area contributed by atoms with Crippen LogP contribution in [0.15, 0.2) is 42.5 Å². The monoisotopic (exact) mass is 366 g/mol. The number of amides is 1. The Morgan fingerprint density at radius 1 is 1.12 bits per heavy atom. The fourth-order valence-corrected chi connectivity index (χ4v) is 3.83. The summed E-state index contributed by atoms with van der Waals surface area (Å²) >= 11 is 0. The minimum Gasteiger partial charge on any atom is -0.320 e. The van der Waals surface area contributed by atoms with Gasteiger partial charge in [-0.3, -0.25) is 9.10 Å². The molecule has 0 aromatic heterocycles. The number of carbonyl (C=O) groups excluding carboxylic acids is 1. The van der Waals surface area contributed by atoms with Crippen molar-refractivity contribution in [1.82, 2.24) is 0 Å².